The third-order valence-corrected chi connectivity index (χ3v) is 5.52. The van der Waals surface area contributed by atoms with Crippen LogP contribution in [-0.2, 0) is 16.1 Å². The first-order valence-electron chi connectivity index (χ1n) is 9.05. The minimum absolute atomic E-state index is 0.0721. The minimum atomic E-state index is -0.944. The molecule has 1 fully saturated rings. The van der Waals surface area contributed by atoms with Crippen LogP contribution in [0.1, 0.15) is 36.8 Å². The summed E-state index contributed by atoms with van der Waals surface area (Å²) in [6.07, 6.45) is -1.97. The molecule has 30 heavy (non-hydrogen) atoms. The summed E-state index contributed by atoms with van der Waals surface area (Å²) in [4.78, 5) is 37.3. The number of H-pyrrole nitrogens is 1. The van der Waals surface area contributed by atoms with E-state index in [4.69, 9.17) is 9.47 Å². The molecule has 0 spiro atoms. The SMILES string of the molecule is CC(OCc1cn([C@H]2C[C@@H](O)[C@@H](CO)O2)c(=O)[nH]c1=O)c1ccc(I)cc1[N+](=O)[O-]. The second-order valence-electron chi connectivity index (χ2n) is 6.85. The number of aromatic amines is 1. The summed E-state index contributed by atoms with van der Waals surface area (Å²) in [6, 6.07) is 4.75. The summed E-state index contributed by atoms with van der Waals surface area (Å²) in [6.45, 7) is 1.01. The van der Waals surface area contributed by atoms with E-state index < -0.39 is 47.3 Å². The van der Waals surface area contributed by atoms with Gasteiger partial charge < -0.3 is 19.7 Å². The van der Waals surface area contributed by atoms with Crippen LogP contribution in [0.15, 0.2) is 34.0 Å². The zero-order chi connectivity index (χ0) is 22.0. The van der Waals surface area contributed by atoms with E-state index in [1.165, 1.54) is 12.3 Å². The van der Waals surface area contributed by atoms with E-state index in [0.717, 1.165) is 4.57 Å². The van der Waals surface area contributed by atoms with Crippen LogP contribution in [0.5, 0.6) is 0 Å². The lowest BCUT2D eigenvalue weighted by molar-refractivity contribution is -0.386. The molecule has 0 amide bonds. The summed E-state index contributed by atoms with van der Waals surface area (Å²) in [5, 5.41) is 30.4. The van der Waals surface area contributed by atoms with Crippen LogP contribution < -0.4 is 11.2 Å². The van der Waals surface area contributed by atoms with E-state index >= 15 is 0 Å². The van der Waals surface area contributed by atoms with Crippen LogP contribution in [0.4, 0.5) is 5.69 Å². The number of nitrogens with one attached hydrogen (secondary N) is 1. The largest absolute Gasteiger partial charge is 0.394 e. The lowest BCUT2D eigenvalue weighted by Gasteiger charge is -2.17. The van der Waals surface area contributed by atoms with Crippen molar-refractivity contribution in [3.63, 3.8) is 0 Å². The molecule has 3 N–H and O–H groups in total. The molecule has 0 saturated carbocycles. The van der Waals surface area contributed by atoms with Crippen molar-refractivity contribution < 1.29 is 24.6 Å². The second-order valence-corrected chi connectivity index (χ2v) is 8.09. The van der Waals surface area contributed by atoms with Gasteiger partial charge in [-0.25, -0.2) is 4.79 Å². The zero-order valence-corrected chi connectivity index (χ0v) is 18.0. The number of benzene rings is 1. The van der Waals surface area contributed by atoms with E-state index in [0.29, 0.717) is 9.13 Å². The monoisotopic (exact) mass is 533 g/mol. The van der Waals surface area contributed by atoms with Crippen LogP contribution in [0.3, 0.4) is 0 Å². The number of aromatic nitrogens is 2. The summed E-state index contributed by atoms with van der Waals surface area (Å²) in [5.41, 5.74) is -0.992. The molecule has 12 heteroatoms. The minimum Gasteiger partial charge on any atom is -0.394 e. The van der Waals surface area contributed by atoms with Gasteiger partial charge in [0.05, 0.1) is 41.5 Å². The smallest absolute Gasteiger partial charge is 0.330 e. The third kappa shape index (κ3) is 4.78. The van der Waals surface area contributed by atoms with Crippen molar-refractivity contribution in [1.82, 2.24) is 9.55 Å². The molecule has 1 aliphatic rings. The Hall–Kier alpha value is -2.13. The number of hydrogen-bond donors (Lipinski definition) is 3. The number of halogens is 1. The van der Waals surface area contributed by atoms with Crippen LogP contribution in [-0.4, -0.2) is 43.5 Å². The molecule has 0 bridgehead atoms. The molecular weight excluding hydrogens is 513 g/mol. The Labute approximate surface area is 183 Å². The average molecular weight is 533 g/mol. The maximum atomic E-state index is 12.2. The van der Waals surface area contributed by atoms with Gasteiger partial charge in [-0.05, 0) is 41.6 Å². The van der Waals surface area contributed by atoms with Crippen molar-refractivity contribution in [2.45, 2.75) is 44.5 Å². The molecule has 0 radical (unpaired) electrons. The Balaban J connectivity index is 1.80. The number of hydrogen-bond acceptors (Lipinski definition) is 8. The molecule has 1 aliphatic heterocycles. The third-order valence-electron chi connectivity index (χ3n) is 4.85. The summed E-state index contributed by atoms with van der Waals surface area (Å²) < 4.78 is 13.0. The van der Waals surface area contributed by atoms with E-state index in [1.807, 2.05) is 22.6 Å². The van der Waals surface area contributed by atoms with Crippen LogP contribution in [0, 0.1) is 13.7 Å². The first-order valence-corrected chi connectivity index (χ1v) is 10.1. The van der Waals surface area contributed by atoms with Gasteiger partial charge in [0.2, 0.25) is 0 Å². The zero-order valence-electron chi connectivity index (χ0n) is 15.9. The van der Waals surface area contributed by atoms with E-state index in [1.54, 1.807) is 19.1 Å². The standard InChI is InChI=1S/C18H20IN3O8/c1-9(12-3-2-11(19)4-13(12)22(27)28)29-8-10-6-21(18(26)20-17(10)25)16-5-14(24)15(7-23)30-16/h2-4,6,9,14-16,23-24H,5,7-8H2,1H3,(H,20,25,26)/t9?,14-,15-,16-/m1/s1. The fourth-order valence-corrected chi connectivity index (χ4v) is 3.69. The van der Waals surface area contributed by atoms with Crippen molar-refractivity contribution >= 4 is 28.3 Å². The molecule has 162 valence electrons. The first kappa shape index (κ1) is 22.6. The Morgan fingerprint density at radius 1 is 1.47 bits per heavy atom. The highest BCUT2D eigenvalue weighted by molar-refractivity contribution is 14.1. The highest BCUT2D eigenvalue weighted by atomic mass is 127. The number of rotatable bonds is 7. The number of aliphatic hydroxyl groups is 2. The maximum absolute atomic E-state index is 12.2. The van der Waals surface area contributed by atoms with Crippen molar-refractivity contribution in [1.29, 1.82) is 0 Å². The van der Waals surface area contributed by atoms with Crippen LogP contribution >= 0.6 is 22.6 Å². The molecule has 11 nitrogen and oxygen atoms in total. The van der Waals surface area contributed by atoms with Crippen molar-refractivity contribution in [3.05, 3.63) is 70.0 Å². The van der Waals surface area contributed by atoms with Gasteiger partial charge in [-0.15, -0.1) is 0 Å². The lowest BCUT2D eigenvalue weighted by Crippen LogP contribution is -2.34. The van der Waals surface area contributed by atoms with Crippen molar-refractivity contribution in [3.8, 4) is 0 Å². The quantitative estimate of drug-likeness (QED) is 0.270. The topological polar surface area (TPSA) is 157 Å². The number of ether oxygens (including phenoxy) is 2. The fourth-order valence-electron chi connectivity index (χ4n) is 3.22. The molecule has 1 aromatic carbocycles. The molecule has 0 aliphatic carbocycles. The van der Waals surface area contributed by atoms with Gasteiger partial charge >= 0.3 is 5.69 Å². The van der Waals surface area contributed by atoms with E-state index in [-0.39, 0.29) is 24.3 Å². The normalized spacial score (nSPS) is 22.2. The highest BCUT2D eigenvalue weighted by Crippen LogP contribution is 2.30. The summed E-state index contributed by atoms with van der Waals surface area (Å²) in [7, 11) is 0. The Kier molecular flexibility index (Phi) is 7.02. The molecule has 1 aromatic heterocycles. The molecule has 4 atom stereocenters. The number of nitro benzene ring substituents is 1. The lowest BCUT2D eigenvalue weighted by atomic mass is 10.1. The van der Waals surface area contributed by atoms with Crippen molar-refractivity contribution in [2.24, 2.45) is 0 Å². The molecule has 2 heterocycles. The van der Waals surface area contributed by atoms with Gasteiger partial charge in [0, 0.05) is 22.3 Å². The van der Waals surface area contributed by atoms with Gasteiger partial charge in [-0.1, -0.05) is 0 Å². The first-order chi connectivity index (χ1) is 14.2. The van der Waals surface area contributed by atoms with E-state index in [9.17, 15) is 29.9 Å². The van der Waals surface area contributed by atoms with Crippen molar-refractivity contribution in [2.75, 3.05) is 6.61 Å². The van der Waals surface area contributed by atoms with Gasteiger partial charge in [0.15, 0.2) is 0 Å². The summed E-state index contributed by atoms with van der Waals surface area (Å²) >= 11 is 1.98. The molecule has 1 unspecified atom stereocenters. The number of aliphatic hydroxyl groups excluding tert-OH is 2. The van der Waals surface area contributed by atoms with Crippen LogP contribution in [0.25, 0.3) is 0 Å². The van der Waals surface area contributed by atoms with Gasteiger partial charge in [-0.2, -0.15) is 0 Å². The average Bonchev–Trinajstić information content (AvgIpc) is 3.07. The van der Waals surface area contributed by atoms with Gasteiger partial charge in [-0.3, -0.25) is 24.5 Å². The number of nitro groups is 1. The predicted octanol–water partition coefficient (Wildman–Crippen LogP) is 0.968. The Morgan fingerprint density at radius 2 is 2.20 bits per heavy atom. The maximum Gasteiger partial charge on any atom is 0.330 e. The Morgan fingerprint density at radius 3 is 2.83 bits per heavy atom. The molecular formula is C18H20IN3O8. The molecule has 2 aromatic rings. The summed E-state index contributed by atoms with van der Waals surface area (Å²) in [5.74, 6) is 0. The van der Waals surface area contributed by atoms with Gasteiger partial charge in [0.25, 0.3) is 11.2 Å². The molecule has 3 rings (SSSR count). The molecule has 1 saturated heterocycles. The second kappa shape index (κ2) is 9.34. The van der Waals surface area contributed by atoms with Crippen LogP contribution in [0.2, 0.25) is 0 Å². The highest BCUT2D eigenvalue weighted by Gasteiger charge is 2.35. The number of nitrogens with zero attached hydrogens (tertiary/aromatic N) is 2. The Bertz CT molecular complexity index is 1050. The predicted molar refractivity (Wildman–Crippen MR) is 112 cm³/mol. The van der Waals surface area contributed by atoms with Gasteiger partial charge in [0.1, 0.15) is 12.3 Å². The fraction of sp³-hybridized carbons (Fsp3) is 0.444. The van der Waals surface area contributed by atoms with E-state index in [2.05, 4.69) is 4.98 Å².